The molecule has 0 saturated carbocycles. The van der Waals surface area contributed by atoms with Gasteiger partial charge in [0.2, 0.25) is 0 Å². The fourth-order valence-electron chi connectivity index (χ4n) is 3.84. The Morgan fingerprint density at radius 1 is 0.931 bits per heavy atom. The van der Waals surface area contributed by atoms with Crippen molar-refractivity contribution in [1.82, 2.24) is 9.97 Å². The predicted molar refractivity (Wildman–Crippen MR) is 116 cm³/mol. The molecule has 5 heteroatoms. The van der Waals surface area contributed by atoms with Crippen molar-refractivity contribution in [3.63, 3.8) is 0 Å². The number of rotatable bonds is 3. The second-order valence-electron chi connectivity index (χ2n) is 7.13. The number of carbonyl (C=O) groups is 1. The number of fused-ring (bicyclic) bond motifs is 2. The molecular formula is C24H20N4O. The molecular weight excluding hydrogens is 360 g/mol. The number of carbonyl (C=O) groups excluding carboxylic acids is 1. The van der Waals surface area contributed by atoms with E-state index in [0.717, 1.165) is 41.7 Å². The Morgan fingerprint density at radius 3 is 2.72 bits per heavy atom. The Bertz CT molecular complexity index is 1180. The van der Waals surface area contributed by atoms with Crippen LogP contribution in [0.4, 0.5) is 17.2 Å². The maximum atomic E-state index is 13.1. The lowest BCUT2D eigenvalue weighted by Crippen LogP contribution is -2.35. The molecule has 0 atom stereocenters. The molecule has 1 aliphatic rings. The van der Waals surface area contributed by atoms with Crippen LogP contribution in [0.5, 0.6) is 0 Å². The zero-order chi connectivity index (χ0) is 19.6. The zero-order valence-corrected chi connectivity index (χ0v) is 15.9. The lowest BCUT2D eigenvalue weighted by atomic mass is 10.0. The van der Waals surface area contributed by atoms with Gasteiger partial charge in [0.1, 0.15) is 5.82 Å². The third-order valence-electron chi connectivity index (χ3n) is 5.26. The van der Waals surface area contributed by atoms with Crippen LogP contribution in [0.1, 0.15) is 22.3 Å². The van der Waals surface area contributed by atoms with E-state index in [0.29, 0.717) is 11.4 Å². The van der Waals surface area contributed by atoms with Gasteiger partial charge < -0.3 is 10.2 Å². The van der Waals surface area contributed by atoms with Crippen molar-refractivity contribution < 1.29 is 4.79 Å². The Kier molecular flexibility index (Phi) is 4.41. The number of nitrogens with one attached hydrogen (secondary N) is 1. The molecule has 0 unspecified atom stereocenters. The fourth-order valence-corrected chi connectivity index (χ4v) is 3.84. The molecule has 0 fully saturated rings. The second kappa shape index (κ2) is 7.36. The van der Waals surface area contributed by atoms with Crippen molar-refractivity contribution in [3.05, 3.63) is 90.3 Å². The highest BCUT2D eigenvalue weighted by Gasteiger charge is 2.23. The molecule has 4 aromatic rings. The van der Waals surface area contributed by atoms with Gasteiger partial charge in [0.15, 0.2) is 0 Å². The van der Waals surface area contributed by atoms with Crippen LogP contribution in [-0.2, 0) is 6.42 Å². The van der Waals surface area contributed by atoms with Crippen molar-refractivity contribution in [1.29, 1.82) is 0 Å². The minimum absolute atomic E-state index is 0.0111. The molecule has 0 aliphatic carbocycles. The molecule has 0 saturated heterocycles. The summed E-state index contributed by atoms with van der Waals surface area (Å²) in [5, 5.41) is 4.37. The number of aryl methyl sites for hydroxylation is 1. The number of hydrogen-bond acceptors (Lipinski definition) is 4. The van der Waals surface area contributed by atoms with Gasteiger partial charge in [-0.2, -0.15) is 0 Å². The van der Waals surface area contributed by atoms with Gasteiger partial charge in [-0.3, -0.25) is 9.78 Å². The molecule has 0 radical (unpaired) electrons. The molecule has 0 bridgehead atoms. The average molecular weight is 380 g/mol. The number of aromatic nitrogens is 2. The van der Waals surface area contributed by atoms with Crippen molar-refractivity contribution >= 4 is 34.0 Å². The molecule has 1 N–H and O–H groups in total. The summed E-state index contributed by atoms with van der Waals surface area (Å²) in [6, 6.07) is 21.7. The Morgan fingerprint density at radius 2 is 1.83 bits per heavy atom. The number of pyridine rings is 2. The number of benzene rings is 2. The van der Waals surface area contributed by atoms with Crippen LogP contribution in [0.15, 0.2) is 79.1 Å². The third kappa shape index (κ3) is 3.31. The van der Waals surface area contributed by atoms with Crippen molar-refractivity contribution in [3.8, 4) is 0 Å². The van der Waals surface area contributed by atoms with Gasteiger partial charge in [-0.1, -0.05) is 36.4 Å². The monoisotopic (exact) mass is 380 g/mol. The minimum Gasteiger partial charge on any atom is -0.338 e. The van der Waals surface area contributed by atoms with Crippen molar-refractivity contribution in [2.24, 2.45) is 0 Å². The van der Waals surface area contributed by atoms with E-state index in [-0.39, 0.29) is 5.91 Å². The summed E-state index contributed by atoms with van der Waals surface area (Å²) in [6.07, 6.45) is 5.41. The van der Waals surface area contributed by atoms with Crippen LogP contribution in [0.3, 0.4) is 0 Å². The van der Waals surface area contributed by atoms with Gasteiger partial charge in [0.25, 0.3) is 5.91 Å². The normalized spacial score (nSPS) is 13.2. The molecule has 5 nitrogen and oxygen atoms in total. The van der Waals surface area contributed by atoms with Gasteiger partial charge in [-0.25, -0.2) is 4.98 Å². The topological polar surface area (TPSA) is 58.1 Å². The van der Waals surface area contributed by atoms with E-state index < -0.39 is 0 Å². The van der Waals surface area contributed by atoms with Crippen LogP contribution in [0.25, 0.3) is 10.9 Å². The van der Waals surface area contributed by atoms with E-state index in [1.54, 1.807) is 12.4 Å². The van der Waals surface area contributed by atoms with Crippen LogP contribution < -0.4 is 10.2 Å². The number of para-hydroxylation sites is 2. The van der Waals surface area contributed by atoms with Gasteiger partial charge in [0, 0.05) is 30.0 Å². The number of nitrogens with zero attached hydrogens (tertiary/aromatic N) is 3. The molecule has 2 aromatic heterocycles. The van der Waals surface area contributed by atoms with E-state index in [4.69, 9.17) is 0 Å². The molecule has 3 heterocycles. The van der Waals surface area contributed by atoms with Gasteiger partial charge in [-0.15, -0.1) is 0 Å². The summed E-state index contributed by atoms with van der Waals surface area (Å²) < 4.78 is 0. The first-order valence-electron chi connectivity index (χ1n) is 9.76. The second-order valence-corrected chi connectivity index (χ2v) is 7.13. The number of amides is 1. The van der Waals surface area contributed by atoms with Crippen LogP contribution in [0.2, 0.25) is 0 Å². The molecule has 1 amide bonds. The van der Waals surface area contributed by atoms with Gasteiger partial charge in [-0.05, 0) is 48.7 Å². The Hall–Kier alpha value is -3.73. The van der Waals surface area contributed by atoms with Crippen LogP contribution in [-0.4, -0.2) is 22.4 Å². The summed E-state index contributed by atoms with van der Waals surface area (Å²) in [5.74, 6) is 0.668. The van der Waals surface area contributed by atoms with Crippen LogP contribution in [0, 0.1) is 0 Å². The first kappa shape index (κ1) is 17.4. The zero-order valence-electron chi connectivity index (χ0n) is 15.9. The summed E-state index contributed by atoms with van der Waals surface area (Å²) in [6.45, 7) is 0.734. The number of hydrogen-bond donors (Lipinski definition) is 1. The largest absolute Gasteiger partial charge is 0.338 e. The third-order valence-corrected chi connectivity index (χ3v) is 5.26. The fraction of sp³-hybridized carbons (Fsp3) is 0.125. The van der Waals surface area contributed by atoms with E-state index in [9.17, 15) is 4.79 Å². The van der Waals surface area contributed by atoms with Crippen molar-refractivity contribution in [2.45, 2.75) is 12.8 Å². The standard InChI is InChI=1S/C24H20N4O/c29-24(28-15-5-9-17-6-1-2-11-21(17)28)19-12-13-22(26-16-19)27-20-10-3-7-18-8-4-14-25-23(18)20/h1-4,6-8,10-14,16H,5,9,15H2,(H,26,27). The molecule has 29 heavy (non-hydrogen) atoms. The maximum absolute atomic E-state index is 13.1. The maximum Gasteiger partial charge on any atom is 0.259 e. The molecule has 5 rings (SSSR count). The SMILES string of the molecule is O=C(c1ccc(Nc2cccc3cccnc23)nc1)N1CCCc2ccccc21. The Labute approximate surface area is 169 Å². The lowest BCUT2D eigenvalue weighted by molar-refractivity contribution is 0.0985. The van der Waals surface area contributed by atoms with E-state index in [2.05, 4.69) is 21.4 Å². The average Bonchev–Trinajstić information content (AvgIpc) is 2.79. The summed E-state index contributed by atoms with van der Waals surface area (Å²) in [4.78, 5) is 23.8. The van der Waals surface area contributed by atoms with Crippen molar-refractivity contribution in [2.75, 3.05) is 16.8 Å². The highest BCUT2D eigenvalue weighted by atomic mass is 16.2. The first-order valence-corrected chi connectivity index (χ1v) is 9.76. The van der Waals surface area contributed by atoms with E-state index >= 15 is 0 Å². The number of anilines is 3. The highest BCUT2D eigenvalue weighted by Crippen LogP contribution is 2.28. The molecule has 0 spiro atoms. The first-order chi connectivity index (χ1) is 14.3. The summed E-state index contributed by atoms with van der Waals surface area (Å²) in [7, 11) is 0. The summed E-state index contributed by atoms with van der Waals surface area (Å²) >= 11 is 0. The van der Waals surface area contributed by atoms with Gasteiger partial charge >= 0.3 is 0 Å². The highest BCUT2D eigenvalue weighted by molar-refractivity contribution is 6.06. The lowest BCUT2D eigenvalue weighted by Gasteiger charge is -2.29. The summed E-state index contributed by atoms with van der Waals surface area (Å²) in [5.41, 5.74) is 4.60. The smallest absolute Gasteiger partial charge is 0.259 e. The Balaban J connectivity index is 1.39. The molecule has 142 valence electrons. The van der Waals surface area contributed by atoms with E-state index in [1.807, 2.05) is 65.6 Å². The van der Waals surface area contributed by atoms with Crippen LogP contribution >= 0.6 is 0 Å². The van der Waals surface area contributed by atoms with Gasteiger partial charge in [0.05, 0.1) is 16.8 Å². The molecule has 1 aliphatic heterocycles. The molecule has 2 aromatic carbocycles. The van der Waals surface area contributed by atoms with E-state index in [1.165, 1.54) is 5.56 Å². The quantitative estimate of drug-likeness (QED) is 0.545. The predicted octanol–water partition coefficient (Wildman–Crippen LogP) is 4.97. The minimum atomic E-state index is -0.0111.